The zero-order valence-corrected chi connectivity index (χ0v) is 15.7. The van der Waals surface area contributed by atoms with E-state index in [4.69, 9.17) is 11.6 Å². The van der Waals surface area contributed by atoms with Crippen LogP contribution in [0.15, 0.2) is 35.7 Å². The monoisotopic (exact) mass is 402 g/mol. The molecule has 0 unspecified atom stereocenters. The predicted octanol–water partition coefficient (Wildman–Crippen LogP) is 3.93. The molecule has 2 aromatic rings. The molecule has 0 aliphatic carbocycles. The van der Waals surface area contributed by atoms with Crippen LogP contribution in [0.5, 0.6) is 0 Å². The Balaban J connectivity index is 1.80. The van der Waals surface area contributed by atoms with E-state index < -0.39 is 33.0 Å². The van der Waals surface area contributed by atoms with Crippen LogP contribution in [-0.2, 0) is 9.84 Å². The molecular formula is C16H16ClFN2O3S2. The van der Waals surface area contributed by atoms with Crippen LogP contribution < -0.4 is 5.32 Å². The van der Waals surface area contributed by atoms with Crippen molar-refractivity contribution in [3.8, 4) is 0 Å². The van der Waals surface area contributed by atoms with E-state index in [0.29, 0.717) is 5.69 Å². The molecule has 1 N–H and O–H groups in total. The van der Waals surface area contributed by atoms with E-state index in [-0.39, 0.29) is 17.3 Å². The summed E-state index contributed by atoms with van der Waals surface area (Å²) < 4.78 is 38.2. The second-order valence-corrected chi connectivity index (χ2v) is 9.51. The van der Waals surface area contributed by atoms with Crippen LogP contribution in [-0.4, -0.2) is 37.7 Å². The maximum Gasteiger partial charge on any atom is 0.322 e. The van der Waals surface area contributed by atoms with E-state index in [1.54, 1.807) is 19.1 Å². The van der Waals surface area contributed by atoms with Crippen LogP contribution in [0.2, 0.25) is 5.02 Å². The van der Waals surface area contributed by atoms with Gasteiger partial charge in [0, 0.05) is 23.2 Å². The molecule has 1 aliphatic heterocycles. The molecular weight excluding hydrogens is 387 g/mol. The summed E-state index contributed by atoms with van der Waals surface area (Å²) in [6.45, 7) is 1.77. The van der Waals surface area contributed by atoms with Crippen LogP contribution >= 0.6 is 22.9 Å². The maximum absolute atomic E-state index is 13.2. The number of anilines is 1. The molecule has 0 radical (unpaired) electrons. The highest BCUT2D eigenvalue weighted by atomic mass is 35.5. The summed E-state index contributed by atoms with van der Waals surface area (Å²) in [7, 11) is -3.33. The van der Waals surface area contributed by atoms with Crippen molar-refractivity contribution >= 4 is 44.5 Å². The number of halogens is 2. The number of hydrogen-bond acceptors (Lipinski definition) is 4. The van der Waals surface area contributed by atoms with E-state index in [0.717, 1.165) is 10.9 Å². The Kier molecular flexibility index (Phi) is 5.04. The van der Waals surface area contributed by atoms with Gasteiger partial charge in [-0.15, -0.1) is 11.3 Å². The fourth-order valence-electron chi connectivity index (χ4n) is 2.81. The SMILES string of the molecule is C[C@H]1CS(=O)(=O)[C@H](c2cccs2)CN1C(=O)Nc1ccc(F)c(Cl)c1. The normalized spacial score (nSPS) is 22.6. The lowest BCUT2D eigenvalue weighted by Crippen LogP contribution is -2.52. The largest absolute Gasteiger partial charge is 0.322 e. The molecule has 1 fully saturated rings. The minimum absolute atomic E-state index is 0.0742. The van der Waals surface area contributed by atoms with Gasteiger partial charge in [0.1, 0.15) is 11.1 Å². The van der Waals surface area contributed by atoms with Crippen LogP contribution in [0.3, 0.4) is 0 Å². The molecule has 2 amide bonds. The third-order valence-electron chi connectivity index (χ3n) is 4.09. The molecule has 1 saturated heterocycles. The third kappa shape index (κ3) is 3.80. The Labute approximate surface area is 154 Å². The van der Waals surface area contributed by atoms with Crippen molar-refractivity contribution in [2.45, 2.75) is 18.2 Å². The highest BCUT2D eigenvalue weighted by molar-refractivity contribution is 7.91. The van der Waals surface area contributed by atoms with Gasteiger partial charge in [-0.1, -0.05) is 17.7 Å². The van der Waals surface area contributed by atoms with Crippen molar-refractivity contribution in [1.29, 1.82) is 0 Å². The Bertz CT molecular complexity index is 887. The lowest BCUT2D eigenvalue weighted by atomic mass is 10.2. The van der Waals surface area contributed by atoms with Gasteiger partial charge in [0.2, 0.25) is 0 Å². The van der Waals surface area contributed by atoms with Crippen molar-refractivity contribution in [2.24, 2.45) is 0 Å². The first-order valence-corrected chi connectivity index (χ1v) is 10.5. The van der Waals surface area contributed by atoms with Crippen LogP contribution in [0.4, 0.5) is 14.9 Å². The third-order valence-corrected chi connectivity index (χ3v) is 7.74. The number of benzene rings is 1. The van der Waals surface area contributed by atoms with E-state index in [1.165, 1.54) is 28.4 Å². The van der Waals surface area contributed by atoms with E-state index >= 15 is 0 Å². The summed E-state index contributed by atoms with van der Waals surface area (Å²) in [6.07, 6.45) is 0. The van der Waals surface area contributed by atoms with Gasteiger partial charge < -0.3 is 10.2 Å². The Hall–Kier alpha value is -1.64. The van der Waals surface area contributed by atoms with Gasteiger partial charge in [0.15, 0.2) is 9.84 Å². The zero-order valence-electron chi connectivity index (χ0n) is 13.3. The first-order valence-electron chi connectivity index (χ1n) is 7.55. The summed E-state index contributed by atoms with van der Waals surface area (Å²) in [5.41, 5.74) is 0.352. The van der Waals surface area contributed by atoms with E-state index in [1.807, 2.05) is 5.38 Å². The molecule has 9 heteroatoms. The van der Waals surface area contributed by atoms with Crippen molar-refractivity contribution in [3.63, 3.8) is 0 Å². The Morgan fingerprint density at radius 3 is 2.80 bits per heavy atom. The number of carbonyl (C=O) groups excluding carboxylic acids is 1. The minimum Gasteiger partial charge on any atom is -0.319 e. The molecule has 3 rings (SSSR count). The zero-order chi connectivity index (χ0) is 18.2. The Morgan fingerprint density at radius 2 is 2.16 bits per heavy atom. The van der Waals surface area contributed by atoms with Crippen molar-refractivity contribution in [3.05, 3.63) is 51.4 Å². The molecule has 5 nitrogen and oxygen atoms in total. The number of urea groups is 1. The second kappa shape index (κ2) is 6.93. The fraction of sp³-hybridized carbons (Fsp3) is 0.312. The molecule has 1 aliphatic rings. The van der Waals surface area contributed by atoms with Crippen LogP contribution in [0.25, 0.3) is 0 Å². The average molecular weight is 403 g/mol. The molecule has 2 heterocycles. The highest BCUT2D eigenvalue weighted by Crippen LogP contribution is 2.33. The molecule has 0 saturated carbocycles. The number of thiophene rings is 1. The van der Waals surface area contributed by atoms with Gasteiger partial charge >= 0.3 is 6.03 Å². The molecule has 134 valence electrons. The lowest BCUT2D eigenvalue weighted by molar-refractivity contribution is 0.193. The van der Waals surface area contributed by atoms with Gasteiger partial charge in [0.25, 0.3) is 0 Å². The molecule has 2 atom stereocenters. The number of sulfone groups is 1. The molecule has 25 heavy (non-hydrogen) atoms. The van der Waals surface area contributed by atoms with Crippen molar-refractivity contribution in [1.82, 2.24) is 4.90 Å². The van der Waals surface area contributed by atoms with E-state index in [9.17, 15) is 17.6 Å². The molecule has 1 aromatic heterocycles. The first-order chi connectivity index (χ1) is 11.8. The topological polar surface area (TPSA) is 66.5 Å². The molecule has 1 aromatic carbocycles. The quantitative estimate of drug-likeness (QED) is 0.827. The summed E-state index contributed by atoms with van der Waals surface area (Å²) in [5.74, 6) is -0.678. The minimum atomic E-state index is -3.33. The van der Waals surface area contributed by atoms with Crippen LogP contribution in [0.1, 0.15) is 17.1 Å². The number of nitrogens with one attached hydrogen (secondary N) is 1. The number of hydrogen-bond donors (Lipinski definition) is 1. The standard InChI is InChI=1S/C16H16ClFN2O3S2/c1-10-9-25(22,23)15(14-3-2-6-24-14)8-20(10)16(21)19-11-4-5-13(18)12(17)7-11/h2-7,10,15H,8-9H2,1H3,(H,19,21)/t10-,15-/m0/s1. The number of nitrogens with zero attached hydrogens (tertiary/aromatic N) is 1. The molecule has 0 spiro atoms. The smallest absolute Gasteiger partial charge is 0.319 e. The Morgan fingerprint density at radius 1 is 1.40 bits per heavy atom. The van der Waals surface area contributed by atoms with Crippen LogP contribution in [0, 0.1) is 5.82 Å². The summed E-state index contributed by atoms with van der Waals surface area (Å²) in [5, 5.41) is 3.64. The predicted molar refractivity (Wildman–Crippen MR) is 97.4 cm³/mol. The number of amides is 2. The lowest BCUT2D eigenvalue weighted by Gasteiger charge is -2.37. The average Bonchev–Trinajstić information content (AvgIpc) is 3.04. The molecule has 0 bridgehead atoms. The van der Waals surface area contributed by atoms with Gasteiger partial charge in [0.05, 0.1) is 10.8 Å². The second-order valence-electron chi connectivity index (χ2n) is 5.89. The highest BCUT2D eigenvalue weighted by Gasteiger charge is 2.40. The maximum atomic E-state index is 13.2. The van der Waals surface area contributed by atoms with Crippen molar-refractivity contribution in [2.75, 3.05) is 17.6 Å². The van der Waals surface area contributed by atoms with E-state index in [2.05, 4.69) is 5.32 Å². The number of carbonyl (C=O) groups is 1. The summed E-state index contributed by atoms with van der Waals surface area (Å²) in [6, 6.07) is 6.54. The van der Waals surface area contributed by atoms with Crippen molar-refractivity contribution < 1.29 is 17.6 Å². The van der Waals surface area contributed by atoms with Gasteiger partial charge in [-0.2, -0.15) is 0 Å². The van der Waals surface area contributed by atoms with Gasteiger partial charge in [-0.05, 0) is 36.6 Å². The summed E-state index contributed by atoms with van der Waals surface area (Å²) in [4.78, 5) is 14.8. The fourth-order valence-corrected chi connectivity index (χ4v) is 6.20. The first kappa shape index (κ1) is 18.2. The van der Waals surface area contributed by atoms with Gasteiger partial charge in [-0.3, -0.25) is 0 Å². The number of rotatable bonds is 2. The van der Waals surface area contributed by atoms with Gasteiger partial charge in [-0.25, -0.2) is 17.6 Å². The summed E-state index contributed by atoms with van der Waals surface area (Å²) >= 11 is 7.08.